The van der Waals surface area contributed by atoms with Crippen LogP contribution in [0.25, 0.3) is 0 Å². The summed E-state index contributed by atoms with van der Waals surface area (Å²) in [6.45, 7) is 3.75. The Balaban J connectivity index is 2.28. The van der Waals surface area contributed by atoms with Gasteiger partial charge in [-0.05, 0) is 31.5 Å². The number of carbonyl (C=O) groups excluding carboxylic acids is 2. The van der Waals surface area contributed by atoms with Gasteiger partial charge in [-0.1, -0.05) is 42.5 Å². The van der Waals surface area contributed by atoms with Gasteiger partial charge in [0, 0.05) is 6.04 Å². The van der Waals surface area contributed by atoms with Crippen molar-refractivity contribution in [3.63, 3.8) is 0 Å². The molecule has 0 radical (unpaired) electrons. The van der Waals surface area contributed by atoms with E-state index in [0.717, 1.165) is 5.56 Å². The first-order chi connectivity index (χ1) is 11.5. The van der Waals surface area contributed by atoms with E-state index in [2.05, 4.69) is 10.6 Å². The van der Waals surface area contributed by atoms with E-state index < -0.39 is 6.04 Å². The first-order valence-electron chi connectivity index (χ1n) is 7.82. The molecule has 126 valence electrons. The Morgan fingerprint density at radius 3 is 2.17 bits per heavy atom. The highest BCUT2D eigenvalue weighted by atomic mass is 16.5. The van der Waals surface area contributed by atoms with Crippen LogP contribution in [0.15, 0.2) is 54.6 Å². The molecular weight excluding hydrogens is 304 g/mol. The van der Waals surface area contributed by atoms with Crippen LogP contribution in [-0.2, 0) is 4.79 Å². The van der Waals surface area contributed by atoms with Crippen LogP contribution < -0.4 is 15.4 Å². The number of ether oxygens (including phenoxy) is 1. The minimum Gasteiger partial charge on any atom is -0.496 e. The molecule has 0 saturated carbocycles. The summed E-state index contributed by atoms with van der Waals surface area (Å²) in [7, 11) is 1.51. The van der Waals surface area contributed by atoms with E-state index in [1.165, 1.54) is 7.11 Å². The summed E-state index contributed by atoms with van der Waals surface area (Å²) in [5, 5.41) is 5.64. The third-order valence-electron chi connectivity index (χ3n) is 3.45. The second-order valence-corrected chi connectivity index (χ2v) is 5.68. The van der Waals surface area contributed by atoms with Crippen molar-refractivity contribution in [3.05, 3.63) is 65.7 Å². The van der Waals surface area contributed by atoms with Crippen LogP contribution in [-0.4, -0.2) is 25.0 Å². The van der Waals surface area contributed by atoms with Gasteiger partial charge in [-0.2, -0.15) is 0 Å². The van der Waals surface area contributed by atoms with Crippen LogP contribution in [0.1, 0.15) is 35.8 Å². The van der Waals surface area contributed by atoms with Crippen LogP contribution in [0.2, 0.25) is 0 Å². The lowest BCUT2D eigenvalue weighted by molar-refractivity contribution is -0.123. The molecule has 0 aliphatic heterocycles. The third-order valence-corrected chi connectivity index (χ3v) is 3.45. The minimum atomic E-state index is -0.772. The number of rotatable bonds is 6. The van der Waals surface area contributed by atoms with Crippen molar-refractivity contribution in [2.75, 3.05) is 7.11 Å². The summed E-state index contributed by atoms with van der Waals surface area (Å²) in [6.07, 6.45) is 0. The van der Waals surface area contributed by atoms with Crippen molar-refractivity contribution in [2.45, 2.75) is 25.9 Å². The molecule has 0 bridgehead atoms. The van der Waals surface area contributed by atoms with Gasteiger partial charge in [-0.25, -0.2) is 0 Å². The Morgan fingerprint density at radius 1 is 0.917 bits per heavy atom. The van der Waals surface area contributed by atoms with E-state index >= 15 is 0 Å². The highest BCUT2D eigenvalue weighted by Crippen LogP contribution is 2.19. The molecule has 0 heterocycles. The van der Waals surface area contributed by atoms with Crippen LogP contribution in [0.4, 0.5) is 0 Å². The fraction of sp³-hybridized carbons (Fsp3) is 0.263. The van der Waals surface area contributed by atoms with Gasteiger partial charge in [0.15, 0.2) is 0 Å². The number of amides is 2. The Bertz CT molecular complexity index is 699. The molecular formula is C19H22N2O3. The average molecular weight is 326 g/mol. The molecule has 0 aliphatic rings. The highest BCUT2D eigenvalue weighted by Gasteiger charge is 2.24. The summed E-state index contributed by atoms with van der Waals surface area (Å²) in [5.41, 5.74) is 1.11. The second kappa shape index (κ2) is 8.15. The quantitative estimate of drug-likeness (QED) is 0.857. The predicted octanol–water partition coefficient (Wildman–Crippen LogP) is 2.69. The lowest BCUT2D eigenvalue weighted by atomic mass is 10.0. The predicted molar refractivity (Wildman–Crippen MR) is 92.9 cm³/mol. The van der Waals surface area contributed by atoms with E-state index in [1.54, 1.807) is 24.3 Å². The molecule has 0 saturated heterocycles. The van der Waals surface area contributed by atoms with Crippen LogP contribution in [0.5, 0.6) is 5.75 Å². The average Bonchev–Trinajstić information content (AvgIpc) is 2.59. The second-order valence-electron chi connectivity index (χ2n) is 5.68. The van der Waals surface area contributed by atoms with Crippen molar-refractivity contribution >= 4 is 11.8 Å². The van der Waals surface area contributed by atoms with Crippen LogP contribution in [0, 0.1) is 0 Å². The number of hydrogen-bond donors (Lipinski definition) is 2. The zero-order valence-corrected chi connectivity index (χ0v) is 14.1. The van der Waals surface area contributed by atoms with Crippen molar-refractivity contribution in [1.82, 2.24) is 10.6 Å². The summed E-state index contributed by atoms with van der Waals surface area (Å²) >= 11 is 0. The van der Waals surface area contributed by atoms with Gasteiger partial charge < -0.3 is 15.4 Å². The lowest BCUT2D eigenvalue weighted by Gasteiger charge is -2.21. The van der Waals surface area contributed by atoms with Crippen LogP contribution in [0.3, 0.4) is 0 Å². The lowest BCUT2D eigenvalue weighted by Crippen LogP contribution is -2.42. The molecule has 0 aliphatic carbocycles. The maximum atomic E-state index is 12.6. The highest BCUT2D eigenvalue weighted by molar-refractivity contribution is 5.99. The Morgan fingerprint density at radius 2 is 1.54 bits per heavy atom. The monoisotopic (exact) mass is 326 g/mol. The van der Waals surface area contributed by atoms with Crippen molar-refractivity contribution in [3.8, 4) is 5.75 Å². The summed E-state index contributed by atoms with van der Waals surface area (Å²) < 4.78 is 5.22. The smallest absolute Gasteiger partial charge is 0.255 e. The fourth-order valence-corrected chi connectivity index (χ4v) is 2.35. The maximum absolute atomic E-state index is 12.6. The van der Waals surface area contributed by atoms with E-state index in [4.69, 9.17) is 4.74 Å². The summed E-state index contributed by atoms with van der Waals surface area (Å²) in [6, 6.07) is 15.3. The molecule has 5 heteroatoms. The SMILES string of the molecule is COc1ccccc1C(=O)N[C@H](C(=O)NC(C)C)c1ccccc1. The number of para-hydroxylation sites is 1. The zero-order chi connectivity index (χ0) is 17.5. The molecule has 2 N–H and O–H groups in total. The summed E-state index contributed by atoms with van der Waals surface area (Å²) in [4.78, 5) is 25.1. The topological polar surface area (TPSA) is 67.4 Å². The van der Waals surface area contributed by atoms with E-state index in [9.17, 15) is 9.59 Å². The van der Waals surface area contributed by atoms with Gasteiger partial charge in [0.2, 0.25) is 5.91 Å². The molecule has 0 aromatic heterocycles. The van der Waals surface area contributed by atoms with E-state index in [-0.39, 0.29) is 17.9 Å². The molecule has 2 aromatic carbocycles. The molecule has 2 amide bonds. The number of nitrogens with one attached hydrogen (secondary N) is 2. The molecule has 2 aromatic rings. The first kappa shape index (κ1) is 17.5. The standard InChI is InChI=1S/C19H22N2O3/c1-13(2)20-19(23)17(14-9-5-4-6-10-14)21-18(22)15-11-7-8-12-16(15)24-3/h4-13,17H,1-3H3,(H,20,23)(H,21,22)/t17-/m0/s1. The van der Waals surface area contributed by atoms with Gasteiger partial charge in [-0.15, -0.1) is 0 Å². The summed E-state index contributed by atoms with van der Waals surface area (Å²) in [5.74, 6) is -0.147. The zero-order valence-electron chi connectivity index (χ0n) is 14.1. The Kier molecular flexibility index (Phi) is 5.95. The molecule has 2 rings (SSSR count). The number of carbonyl (C=O) groups is 2. The molecule has 1 atom stereocenters. The van der Waals surface area contributed by atoms with Crippen molar-refractivity contribution in [1.29, 1.82) is 0 Å². The Labute approximate surface area is 142 Å². The number of hydrogen-bond acceptors (Lipinski definition) is 3. The molecule has 0 spiro atoms. The molecule has 5 nitrogen and oxygen atoms in total. The van der Waals surface area contributed by atoms with Gasteiger partial charge >= 0.3 is 0 Å². The fourth-order valence-electron chi connectivity index (χ4n) is 2.35. The van der Waals surface area contributed by atoms with Gasteiger partial charge in [-0.3, -0.25) is 9.59 Å². The van der Waals surface area contributed by atoms with Crippen molar-refractivity contribution in [2.24, 2.45) is 0 Å². The third kappa shape index (κ3) is 4.35. The van der Waals surface area contributed by atoms with Gasteiger partial charge in [0.1, 0.15) is 11.8 Å². The minimum absolute atomic E-state index is 0.0214. The number of methoxy groups -OCH3 is 1. The van der Waals surface area contributed by atoms with Crippen molar-refractivity contribution < 1.29 is 14.3 Å². The molecule has 24 heavy (non-hydrogen) atoms. The Hall–Kier alpha value is -2.82. The number of benzene rings is 2. The molecule has 0 fully saturated rings. The normalized spacial score (nSPS) is 11.7. The maximum Gasteiger partial charge on any atom is 0.255 e. The van der Waals surface area contributed by atoms with E-state index in [1.807, 2.05) is 44.2 Å². The van der Waals surface area contributed by atoms with Gasteiger partial charge in [0.25, 0.3) is 5.91 Å². The first-order valence-corrected chi connectivity index (χ1v) is 7.82. The van der Waals surface area contributed by atoms with E-state index in [0.29, 0.717) is 11.3 Å². The van der Waals surface area contributed by atoms with Crippen LogP contribution >= 0.6 is 0 Å². The largest absolute Gasteiger partial charge is 0.496 e. The molecule has 0 unspecified atom stereocenters. The van der Waals surface area contributed by atoms with Gasteiger partial charge in [0.05, 0.1) is 12.7 Å².